The van der Waals surface area contributed by atoms with E-state index in [0.717, 1.165) is 109 Å². The van der Waals surface area contributed by atoms with Gasteiger partial charge < -0.3 is 32.2 Å². The predicted molar refractivity (Wildman–Crippen MR) is 355 cm³/mol. The molecule has 14 rings (SSSR count). The topological polar surface area (TPSA) is 316 Å². The molecular formula is C60H54BBr2N19O2S3. The van der Waals surface area contributed by atoms with Gasteiger partial charge in [-0.25, -0.2) is 19.9 Å². The number of pyridine rings is 3. The lowest BCUT2D eigenvalue weighted by molar-refractivity contribution is 0.00578. The molecule has 1 aliphatic heterocycles. The fraction of sp³-hybridized carbons (Fsp3) is 0.150. The average Bonchev–Trinajstić information content (AvgIpc) is 3.56. The molecule has 436 valence electrons. The van der Waals surface area contributed by atoms with Crippen molar-refractivity contribution in [1.29, 1.82) is 0 Å². The second kappa shape index (κ2) is 26.8. The number of anilines is 4. The molecule has 0 radical (unpaired) electrons. The van der Waals surface area contributed by atoms with Gasteiger partial charge in [0, 0.05) is 45.9 Å². The monoisotopic (exact) mass is 1340 g/mol. The molecule has 87 heavy (non-hydrogen) atoms. The quantitative estimate of drug-likeness (QED) is 0.112. The highest BCUT2D eigenvalue weighted by atomic mass is 79.9. The van der Waals surface area contributed by atoms with Crippen molar-refractivity contribution >= 4 is 135 Å². The molecule has 27 heteroatoms. The van der Waals surface area contributed by atoms with Crippen molar-refractivity contribution in [2.75, 3.05) is 22.9 Å². The highest BCUT2D eigenvalue weighted by Crippen LogP contribution is 2.38. The molecule has 8 N–H and O–H groups in total. The first-order valence-corrected chi connectivity index (χ1v) is 30.8. The molecule has 10 aromatic heterocycles. The summed E-state index contributed by atoms with van der Waals surface area (Å²) in [6.07, 6.45) is 6.92. The van der Waals surface area contributed by atoms with E-state index in [1.54, 1.807) is 46.4 Å². The van der Waals surface area contributed by atoms with Crippen molar-refractivity contribution in [2.24, 2.45) is 0 Å². The van der Waals surface area contributed by atoms with Gasteiger partial charge in [0.05, 0.1) is 48.6 Å². The molecule has 0 amide bonds. The number of nitrogen functional groups attached to an aromatic ring is 4. The second-order valence-corrected chi connectivity index (χ2v) is 24.8. The normalized spacial score (nSPS) is 12.9. The van der Waals surface area contributed by atoms with Gasteiger partial charge in [0.2, 0.25) is 23.8 Å². The van der Waals surface area contributed by atoms with E-state index in [1.807, 2.05) is 103 Å². The number of hydrogen-bond donors (Lipinski definition) is 4. The second-order valence-electron chi connectivity index (χ2n) is 20.4. The number of halogens is 2. The van der Waals surface area contributed by atoms with E-state index in [1.165, 1.54) is 6.20 Å². The van der Waals surface area contributed by atoms with Crippen molar-refractivity contribution in [3.05, 3.63) is 176 Å². The lowest BCUT2D eigenvalue weighted by atomic mass is 9.77. The lowest BCUT2D eigenvalue weighted by Gasteiger charge is -2.32. The summed E-state index contributed by atoms with van der Waals surface area (Å²) >= 11 is 11.1. The number of thiophene rings is 3. The van der Waals surface area contributed by atoms with E-state index in [2.05, 4.69) is 185 Å². The summed E-state index contributed by atoms with van der Waals surface area (Å²) in [5, 5.41) is 40.2. The first-order valence-electron chi connectivity index (χ1n) is 26.6. The number of rotatable bonds is 6. The van der Waals surface area contributed by atoms with Gasteiger partial charge in [-0.1, -0.05) is 48.5 Å². The smallest absolute Gasteiger partial charge is 0.399 e. The Bertz CT molecular complexity index is 4310. The highest BCUT2D eigenvalue weighted by Gasteiger charge is 2.51. The van der Waals surface area contributed by atoms with Crippen LogP contribution in [0.3, 0.4) is 0 Å². The van der Waals surface area contributed by atoms with E-state index < -0.39 is 0 Å². The molecule has 21 nitrogen and oxygen atoms in total. The Kier molecular flexibility index (Phi) is 18.9. The van der Waals surface area contributed by atoms with Crippen LogP contribution in [0.2, 0.25) is 0 Å². The van der Waals surface area contributed by atoms with Crippen LogP contribution in [0.25, 0.3) is 86.9 Å². The molecule has 13 aromatic rings. The van der Waals surface area contributed by atoms with Crippen LogP contribution in [0.1, 0.15) is 44.4 Å². The van der Waals surface area contributed by atoms with Crippen LogP contribution in [0.15, 0.2) is 159 Å². The largest absolute Gasteiger partial charge is 0.494 e. The minimum atomic E-state index is -0.316. The van der Waals surface area contributed by atoms with Gasteiger partial charge in [0.15, 0.2) is 4.60 Å². The Morgan fingerprint density at radius 3 is 1.24 bits per heavy atom. The van der Waals surface area contributed by atoms with E-state index in [4.69, 9.17) is 32.2 Å². The zero-order chi connectivity index (χ0) is 61.4. The zero-order valence-corrected chi connectivity index (χ0v) is 53.4. The Morgan fingerprint density at radius 2 is 0.828 bits per heavy atom. The third-order valence-electron chi connectivity index (χ3n) is 13.7. The summed E-state index contributed by atoms with van der Waals surface area (Å²) < 4.78 is 13.4. The molecule has 1 aliphatic rings. The lowest BCUT2D eigenvalue weighted by Crippen LogP contribution is -2.41. The summed E-state index contributed by atoms with van der Waals surface area (Å²) in [4.78, 5) is 32.9. The maximum absolute atomic E-state index is 6.11. The molecule has 1 fully saturated rings. The molecule has 1 saturated heterocycles. The standard InChI is InChI=1S/2C17H13N5S.C16H20BNO2.C7H5BrN4S.C3H3BrN4/c2*1-10-8-12(9-11-4-2-6-19-14(10)11)15-16(13-5-3-7-23-13)20-17(18)22-21-15;1-11-9-13(10-12-7-6-8-18-14(11)12)17-19-15(2,3)16(4,5)20-17;8-6-5(4-2-1-3-13-4)10-7(9)12-11-6;4-2-1-6-3(5)8-7-2/h2*2-9H,1H3,(H2,18,20,22);6-10H,1-5H3;1-3H,(H2,9,10,12);1H,(H2,5,6,8). The fourth-order valence-electron chi connectivity index (χ4n) is 8.94. The molecule has 0 aliphatic carbocycles. The van der Waals surface area contributed by atoms with Gasteiger partial charge in [-0.05, 0) is 179 Å². The van der Waals surface area contributed by atoms with Crippen LogP contribution in [0, 0.1) is 20.8 Å². The van der Waals surface area contributed by atoms with Gasteiger partial charge in [-0.3, -0.25) is 15.0 Å². The van der Waals surface area contributed by atoms with Crippen LogP contribution in [0.5, 0.6) is 0 Å². The van der Waals surface area contributed by atoms with E-state index in [0.29, 0.717) is 9.21 Å². The van der Waals surface area contributed by atoms with Gasteiger partial charge in [0.1, 0.15) is 33.1 Å². The fourth-order valence-corrected chi connectivity index (χ4v) is 11.8. The average molecular weight is 1340 g/mol. The Hall–Kier alpha value is -8.83. The Labute approximate surface area is 529 Å². The molecule has 0 bridgehead atoms. The van der Waals surface area contributed by atoms with Crippen molar-refractivity contribution < 1.29 is 9.31 Å². The molecule has 0 spiro atoms. The van der Waals surface area contributed by atoms with Gasteiger partial charge in [0.25, 0.3) is 0 Å². The Balaban J connectivity index is 0.000000125. The third kappa shape index (κ3) is 14.5. The molecule has 3 aromatic carbocycles. The van der Waals surface area contributed by atoms with Crippen LogP contribution in [-0.2, 0) is 9.31 Å². The summed E-state index contributed by atoms with van der Waals surface area (Å²) in [5.41, 5.74) is 34.5. The summed E-state index contributed by atoms with van der Waals surface area (Å²) in [6, 6.07) is 36.3. The highest BCUT2D eigenvalue weighted by molar-refractivity contribution is 9.10. The number of aromatic nitrogens is 15. The molecule has 0 unspecified atom stereocenters. The molecule has 0 atom stereocenters. The van der Waals surface area contributed by atoms with E-state index >= 15 is 0 Å². The summed E-state index contributed by atoms with van der Waals surface area (Å²) in [6.45, 7) is 14.4. The summed E-state index contributed by atoms with van der Waals surface area (Å²) in [5.74, 6) is 0.729. The van der Waals surface area contributed by atoms with E-state index in [-0.39, 0.29) is 42.1 Å². The van der Waals surface area contributed by atoms with Crippen molar-refractivity contribution in [2.45, 2.75) is 59.7 Å². The Morgan fingerprint density at radius 1 is 0.425 bits per heavy atom. The minimum absolute atomic E-state index is 0.177. The number of fused-ring (bicyclic) bond motifs is 3. The summed E-state index contributed by atoms with van der Waals surface area (Å²) in [7, 11) is -0.316. The maximum atomic E-state index is 6.11. The number of aryl methyl sites for hydroxylation is 3. The van der Waals surface area contributed by atoms with Crippen LogP contribution in [-0.4, -0.2) is 94.0 Å². The van der Waals surface area contributed by atoms with Crippen LogP contribution >= 0.6 is 65.9 Å². The van der Waals surface area contributed by atoms with Crippen molar-refractivity contribution in [3.63, 3.8) is 0 Å². The van der Waals surface area contributed by atoms with Gasteiger partial charge in [-0.2, -0.15) is 0 Å². The maximum Gasteiger partial charge on any atom is 0.494 e. The first-order chi connectivity index (χ1) is 41.8. The minimum Gasteiger partial charge on any atom is -0.399 e. The molecular weight excluding hydrogens is 1290 g/mol. The van der Waals surface area contributed by atoms with Crippen molar-refractivity contribution in [1.82, 2.24) is 75.7 Å². The number of nitrogens with two attached hydrogens (primary N) is 4. The van der Waals surface area contributed by atoms with E-state index in [9.17, 15) is 0 Å². The molecule has 0 saturated carbocycles. The SMILES string of the molecule is Cc1cc(-c2nnc(N)nc2-c2cccs2)cc2cccnc12.Cc1cc(-c2nnc(N)nc2-c2cccs2)cc2cccnc12.Cc1cc(B2OC(C)(C)C(C)(C)O2)cc2cccnc12.Nc1ncc(Br)nn1.Nc1nnc(Br)c(-c2cccs2)n1. The van der Waals surface area contributed by atoms with Crippen LogP contribution in [0.4, 0.5) is 23.8 Å². The predicted octanol–water partition coefficient (Wildman–Crippen LogP) is 12.4. The van der Waals surface area contributed by atoms with Crippen LogP contribution < -0.4 is 28.4 Å². The zero-order valence-electron chi connectivity index (χ0n) is 47.8. The van der Waals surface area contributed by atoms with Gasteiger partial charge in [-0.15, -0.1) is 74.8 Å². The molecule has 11 heterocycles. The number of benzene rings is 3. The third-order valence-corrected chi connectivity index (χ3v) is 17.2. The van der Waals surface area contributed by atoms with Crippen molar-refractivity contribution in [3.8, 4) is 54.2 Å². The number of hydrogen-bond acceptors (Lipinski definition) is 24. The number of nitrogens with zero attached hydrogens (tertiary/aromatic N) is 15. The first kappa shape index (κ1) is 61.3. The van der Waals surface area contributed by atoms with Gasteiger partial charge >= 0.3 is 7.12 Å².